The molecule has 156 valence electrons. The van der Waals surface area contributed by atoms with Gasteiger partial charge < -0.3 is 10.1 Å². The number of fused-ring (bicyclic) bond motifs is 1. The topological polar surface area (TPSA) is 101 Å². The van der Waals surface area contributed by atoms with Crippen molar-refractivity contribution in [3.8, 4) is 5.75 Å². The molecular weight excluding hydrogens is 416 g/mol. The third kappa shape index (κ3) is 4.72. The normalized spacial score (nSPS) is 15.0. The Labute approximate surface area is 182 Å². The van der Waals surface area contributed by atoms with Gasteiger partial charge in [-0.05, 0) is 53.7 Å². The van der Waals surface area contributed by atoms with E-state index in [0.717, 1.165) is 27.7 Å². The number of anilines is 1. The van der Waals surface area contributed by atoms with E-state index in [-0.39, 0.29) is 18.9 Å². The summed E-state index contributed by atoms with van der Waals surface area (Å²) in [6.45, 7) is 0.00381. The number of carbonyl (C=O) groups is 3. The van der Waals surface area contributed by atoms with Gasteiger partial charge in [0.25, 0.3) is 11.1 Å². The van der Waals surface area contributed by atoms with Gasteiger partial charge in [-0.25, -0.2) is 0 Å². The predicted molar refractivity (Wildman–Crippen MR) is 118 cm³/mol. The largest absolute Gasteiger partial charge is 0.497 e. The number of hydrogen-bond acceptors (Lipinski definition) is 7. The number of carbonyl (C=O) groups excluding carboxylic acids is 3. The minimum Gasteiger partial charge on any atom is -0.497 e. The second kappa shape index (κ2) is 8.97. The van der Waals surface area contributed by atoms with Crippen LogP contribution < -0.4 is 10.1 Å². The van der Waals surface area contributed by atoms with Crippen LogP contribution in [0.15, 0.2) is 59.8 Å². The molecule has 0 bridgehead atoms. The lowest BCUT2D eigenvalue weighted by Crippen LogP contribution is -2.31. The summed E-state index contributed by atoms with van der Waals surface area (Å²) in [4.78, 5) is 47.0. The van der Waals surface area contributed by atoms with Crippen molar-refractivity contribution >= 4 is 51.6 Å². The van der Waals surface area contributed by atoms with Crippen molar-refractivity contribution in [1.82, 2.24) is 14.9 Å². The molecule has 0 spiro atoms. The van der Waals surface area contributed by atoms with Gasteiger partial charge in [-0.15, -0.1) is 0 Å². The molecule has 1 aliphatic rings. The van der Waals surface area contributed by atoms with E-state index >= 15 is 0 Å². The molecule has 9 heteroatoms. The van der Waals surface area contributed by atoms with Crippen LogP contribution in [-0.2, 0) is 9.59 Å². The summed E-state index contributed by atoms with van der Waals surface area (Å²) in [7, 11) is 1.57. The predicted octanol–water partition coefficient (Wildman–Crippen LogP) is 3.70. The van der Waals surface area contributed by atoms with Gasteiger partial charge in [0.1, 0.15) is 5.75 Å². The number of thioether (sulfide) groups is 1. The van der Waals surface area contributed by atoms with Crippen LogP contribution in [0.3, 0.4) is 0 Å². The van der Waals surface area contributed by atoms with Crippen LogP contribution in [0.5, 0.6) is 5.75 Å². The number of hydrogen-bond donors (Lipinski definition) is 1. The average Bonchev–Trinajstić information content (AvgIpc) is 3.05. The van der Waals surface area contributed by atoms with Gasteiger partial charge in [-0.1, -0.05) is 12.1 Å². The Kier molecular flexibility index (Phi) is 5.94. The number of amides is 3. The number of rotatable bonds is 6. The van der Waals surface area contributed by atoms with Gasteiger partial charge in [0.2, 0.25) is 5.91 Å². The van der Waals surface area contributed by atoms with Crippen molar-refractivity contribution in [2.45, 2.75) is 6.42 Å². The van der Waals surface area contributed by atoms with Crippen LogP contribution in [0.25, 0.3) is 17.1 Å². The Morgan fingerprint density at radius 1 is 1.10 bits per heavy atom. The summed E-state index contributed by atoms with van der Waals surface area (Å²) in [5, 5.41) is 2.37. The molecule has 0 aliphatic carbocycles. The quantitative estimate of drug-likeness (QED) is 0.590. The van der Waals surface area contributed by atoms with E-state index in [4.69, 9.17) is 4.74 Å². The van der Waals surface area contributed by atoms with Crippen LogP contribution in [0.1, 0.15) is 12.0 Å². The molecule has 0 unspecified atom stereocenters. The first-order valence-electron chi connectivity index (χ1n) is 9.43. The molecule has 1 N–H and O–H groups in total. The van der Waals surface area contributed by atoms with Crippen LogP contribution in [-0.4, -0.2) is 45.6 Å². The van der Waals surface area contributed by atoms with Crippen molar-refractivity contribution in [2.75, 3.05) is 19.0 Å². The Morgan fingerprint density at radius 3 is 2.58 bits per heavy atom. The maximum Gasteiger partial charge on any atom is 0.293 e. The first-order chi connectivity index (χ1) is 15.0. The lowest BCUT2D eigenvalue weighted by atomic mass is 10.2. The van der Waals surface area contributed by atoms with E-state index in [1.807, 2.05) is 0 Å². The fourth-order valence-corrected chi connectivity index (χ4v) is 3.89. The summed E-state index contributed by atoms with van der Waals surface area (Å²) < 4.78 is 5.11. The smallest absolute Gasteiger partial charge is 0.293 e. The molecule has 0 saturated carbocycles. The van der Waals surface area contributed by atoms with Gasteiger partial charge in [0, 0.05) is 31.0 Å². The van der Waals surface area contributed by atoms with Gasteiger partial charge >= 0.3 is 0 Å². The zero-order valence-corrected chi connectivity index (χ0v) is 17.4. The lowest BCUT2D eigenvalue weighted by molar-refractivity contribution is -0.123. The van der Waals surface area contributed by atoms with Gasteiger partial charge in [-0.2, -0.15) is 0 Å². The highest BCUT2D eigenvalue weighted by molar-refractivity contribution is 8.18. The molecule has 0 atom stereocenters. The highest BCUT2D eigenvalue weighted by atomic mass is 32.2. The molecule has 1 aromatic heterocycles. The third-order valence-electron chi connectivity index (χ3n) is 4.60. The minimum atomic E-state index is -0.403. The monoisotopic (exact) mass is 434 g/mol. The SMILES string of the molecule is COc1ccc(/C=C2/SC(=O)N(CCC(=O)Nc3ccc4nccnc4c3)C2=O)cc1. The van der Waals surface area contributed by atoms with Gasteiger partial charge in [0.15, 0.2) is 0 Å². The molecule has 1 fully saturated rings. The molecule has 31 heavy (non-hydrogen) atoms. The second-order valence-electron chi connectivity index (χ2n) is 6.66. The Morgan fingerprint density at radius 2 is 1.84 bits per heavy atom. The third-order valence-corrected chi connectivity index (χ3v) is 5.51. The maximum atomic E-state index is 12.6. The molecule has 4 rings (SSSR count). The number of nitrogens with one attached hydrogen (secondary N) is 1. The van der Waals surface area contributed by atoms with Gasteiger partial charge in [0.05, 0.1) is 23.0 Å². The van der Waals surface area contributed by atoms with Crippen LogP contribution in [0, 0.1) is 0 Å². The highest BCUT2D eigenvalue weighted by Crippen LogP contribution is 2.32. The van der Waals surface area contributed by atoms with E-state index < -0.39 is 11.1 Å². The summed E-state index contributed by atoms with van der Waals surface area (Å²) in [5.41, 5.74) is 2.74. The first-order valence-corrected chi connectivity index (χ1v) is 10.3. The van der Waals surface area contributed by atoms with Crippen LogP contribution >= 0.6 is 11.8 Å². The number of imide groups is 1. The maximum absolute atomic E-state index is 12.6. The molecule has 1 aliphatic heterocycles. The summed E-state index contributed by atoms with van der Waals surface area (Å²) >= 11 is 0.864. The molecule has 1 saturated heterocycles. The first kappa shape index (κ1) is 20.5. The average molecular weight is 434 g/mol. The van der Waals surface area contributed by atoms with E-state index in [0.29, 0.717) is 21.9 Å². The van der Waals surface area contributed by atoms with Crippen molar-refractivity contribution in [1.29, 1.82) is 0 Å². The molecule has 3 amide bonds. The Bertz CT molecular complexity index is 1190. The number of ether oxygens (including phenoxy) is 1. The molecule has 0 radical (unpaired) electrons. The fourth-order valence-electron chi connectivity index (χ4n) is 3.02. The zero-order valence-electron chi connectivity index (χ0n) is 16.6. The molecule has 3 aromatic rings. The van der Waals surface area contributed by atoms with E-state index in [9.17, 15) is 14.4 Å². The van der Waals surface area contributed by atoms with E-state index in [1.54, 1.807) is 68.0 Å². The van der Waals surface area contributed by atoms with Crippen LogP contribution in [0.2, 0.25) is 0 Å². The summed E-state index contributed by atoms with van der Waals surface area (Å²) in [6, 6.07) is 12.4. The molecule has 2 aromatic carbocycles. The number of aromatic nitrogens is 2. The zero-order chi connectivity index (χ0) is 21.8. The van der Waals surface area contributed by atoms with Crippen LogP contribution in [0.4, 0.5) is 10.5 Å². The van der Waals surface area contributed by atoms with Crippen molar-refractivity contribution in [3.05, 3.63) is 65.3 Å². The Hall–Kier alpha value is -3.72. The standard InChI is InChI=1S/C22H18N4O4S/c1-30-16-5-2-14(3-6-16)12-19-21(28)26(22(29)31-19)11-8-20(27)25-15-4-7-17-18(13-15)24-10-9-23-17/h2-7,9-10,12-13H,8,11H2,1H3,(H,25,27)/b19-12+. The minimum absolute atomic E-state index is 0.00381. The number of nitrogens with zero attached hydrogens (tertiary/aromatic N) is 3. The molecular formula is C22H18N4O4S. The van der Waals surface area contributed by atoms with Crippen molar-refractivity contribution in [3.63, 3.8) is 0 Å². The van der Waals surface area contributed by atoms with Crippen molar-refractivity contribution < 1.29 is 19.1 Å². The highest BCUT2D eigenvalue weighted by Gasteiger charge is 2.35. The number of benzene rings is 2. The van der Waals surface area contributed by atoms with E-state index in [2.05, 4.69) is 15.3 Å². The molecule has 8 nitrogen and oxygen atoms in total. The molecule has 2 heterocycles. The summed E-state index contributed by atoms with van der Waals surface area (Å²) in [6.07, 6.45) is 4.82. The number of methoxy groups -OCH3 is 1. The van der Waals surface area contributed by atoms with Gasteiger partial charge in [-0.3, -0.25) is 29.3 Å². The Balaban J connectivity index is 1.37. The van der Waals surface area contributed by atoms with E-state index in [1.165, 1.54) is 0 Å². The second-order valence-corrected chi connectivity index (χ2v) is 7.66. The lowest BCUT2D eigenvalue weighted by Gasteiger charge is -2.12. The van der Waals surface area contributed by atoms with Crippen molar-refractivity contribution in [2.24, 2.45) is 0 Å². The fraction of sp³-hybridized carbons (Fsp3) is 0.136. The summed E-state index contributed by atoms with van der Waals surface area (Å²) in [5.74, 6) is -0.00394.